The zero-order chi connectivity index (χ0) is 25.5. The first-order chi connectivity index (χ1) is 16.7. The average Bonchev–Trinajstić information content (AvgIpc) is 3.20. The zero-order valence-electron chi connectivity index (χ0n) is 19.7. The van der Waals surface area contributed by atoms with Crippen molar-refractivity contribution in [2.45, 2.75) is 38.5 Å². The Labute approximate surface area is 216 Å². The van der Waals surface area contributed by atoms with Crippen LogP contribution in [0.4, 0.5) is 10.1 Å². The molecule has 0 aliphatic carbocycles. The highest BCUT2D eigenvalue weighted by molar-refractivity contribution is 9.10. The molecule has 7 nitrogen and oxygen atoms in total. The Kier molecular flexibility index (Phi) is 9.22. The van der Waals surface area contributed by atoms with E-state index in [0.29, 0.717) is 27.6 Å². The molecule has 1 heterocycles. The molecule has 35 heavy (non-hydrogen) atoms. The van der Waals surface area contributed by atoms with Gasteiger partial charge in [0.15, 0.2) is 11.0 Å². The van der Waals surface area contributed by atoms with Gasteiger partial charge in [-0.15, -0.1) is 16.8 Å². The molecule has 0 bridgehead atoms. The minimum atomic E-state index is -0.529. The standard InChI is InChI=1S/C25H27BrFN5O2S/c1-5-12-32-23(22(15(2)3)29-24(34)17-8-6-16(4)7-9-17)30-31-25(32)35-14-21(33)28-20-11-10-18(26)13-19(20)27/h5-11,13,15,22H,1,12,14H2,2-4H3,(H,28,33)(H,29,34)/t22-/m1/s1. The van der Waals surface area contributed by atoms with Crippen LogP contribution in [0.5, 0.6) is 0 Å². The lowest BCUT2D eigenvalue weighted by Gasteiger charge is -2.22. The van der Waals surface area contributed by atoms with Crippen LogP contribution >= 0.6 is 27.7 Å². The Morgan fingerprint density at radius 2 is 1.91 bits per heavy atom. The minimum Gasteiger partial charge on any atom is -0.342 e. The van der Waals surface area contributed by atoms with Gasteiger partial charge in [-0.1, -0.05) is 65.3 Å². The van der Waals surface area contributed by atoms with Crippen molar-refractivity contribution < 1.29 is 14.0 Å². The third-order valence-corrected chi connectivity index (χ3v) is 6.60. The number of rotatable bonds is 10. The largest absolute Gasteiger partial charge is 0.342 e. The first kappa shape index (κ1) is 26.6. The number of hydrogen-bond donors (Lipinski definition) is 2. The van der Waals surface area contributed by atoms with Gasteiger partial charge < -0.3 is 15.2 Å². The molecule has 0 radical (unpaired) electrons. The lowest BCUT2D eigenvalue weighted by Crippen LogP contribution is -2.33. The number of halogens is 2. The molecule has 10 heteroatoms. The van der Waals surface area contributed by atoms with Gasteiger partial charge in [0.2, 0.25) is 5.91 Å². The van der Waals surface area contributed by atoms with Gasteiger partial charge in [-0.3, -0.25) is 9.59 Å². The molecule has 0 fully saturated rings. The van der Waals surface area contributed by atoms with Gasteiger partial charge >= 0.3 is 0 Å². The molecular formula is C25H27BrFN5O2S. The van der Waals surface area contributed by atoms with Crippen LogP contribution in [0.25, 0.3) is 0 Å². The number of allylic oxidation sites excluding steroid dienone is 1. The summed E-state index contributed by atoms with van der Waals surface area (Å²) in [6, 6.07) is 11.4. The summed E-state index contributed by atoms with van der Waals surface area (Å²) in [6.45, 7) is 10.1. The summed E-state index contributed by atoms with van der Waals surface area (Å²) in [4.78, 5) is 25.3. The smallest absolute Gasteiger partial charge is 0.251 e. The van der Waals surface area contributed by atoms with E-state index in [1.165, 1.54) is 23.9 Å². The van der Waals surface area contributed by atoms with Gasteiger partial charge in [0.05, 0.1) is 17.5 Å². The van der Waals surface area contributed by atoms with E-state index in [9.17, 15) is 14.0 Å². The van der Waals surface area contributed by atoms with Crippen LogP contribution in [-0.2, 0) is 11.3 Å². The maximum Gasteiger partial charge on any atom is 0.251 e. The quantitative estimate of drug-likeness (QED) is 0.252. The molecule has 1 aromatic heterocycles. The van der Waals surface area contributed by atoms with E-state index in [-0.39, 0.29) is 29.2 Å². The van der Waals surface area contributed by atoms with E-state index < -0.39 is 11.9 Å². The van der Waals surface area contributed by atoms with E-state index in [0.717, 1.165) is 5.56 Å². The maximum atomic E-state index is 14.0. The molecule has 2 amide bonds. The van der Waals surface area contributed by atoms with Crippen molar-refractivity contribution in [1.82, 2.24) is 20.1 Å². The molecule has 0 saturated heterocycles. The second-order valence-corrected chi connectivity index (χ2v) is 10.1. The van der Waals surface area contributed by atoms with Crippen molar-refractivity contribution >= 4 is 45.2 Å². The molecule has 3 rings (SSSR count). The fourth-order valence-electron chi connectivity index (χ4n) is 3.30. The van der Waals surface area contributed by atoms with E-state index in [1.54, 1.807) is 24.3 Å². The van der Waals surface area contributed by atoms with Crippen molar-refractivity contribution in [2.24, 2.45) is 5.92 Å². The first-order valence-electron chi connectivity index (χ1n) is 11.0. The summed E-state index contributed by atoms with van der Waals surface area (Å²) in [7, 11) is 0. The number of nitrogens with one attached hydrogen (secondary N) is 2. The molecule has 2 aromatic carbocycles. The number of hydrogen-bond acceptors (Lipinski definition) is 5. The highest BCUT2D eigenvalue weighted by Crippen LogP contribution is 2.26. The average molecular weight is 560 g/mol. The van der Waals surface area contributed by atoms with E-state index in [2.05, 4.69) is 43.3 Å². The van der Waals surface area contributed by atoms with Crippen molar-refractivity contribution in [3.63, 3.8) is 0 Å². The highest BCUT2D eigenvalue weighted by atomic mass is 79.9. The number of carbonyl (C=O) groups excluding carboxylic acids is 2. The third kappa shape index (κ3) is 7.02. The number of benzene rings is 2. The van der Waals surface area contributed by atoms with Crippen LogP contribution in [-0.4, -0.2) is 32.3 Å². The van der Waals surface area contributed by atoms with E-state index >= 15 is 0 Å². The van der Waals surface area contributed by atoms with Gasteiger partial charge in [-0.05, 0) is 43.2 Å². The number of amides is 2. The number of aryl methyl sites for hydroxylation is 1. The van der Waals surface area contributed by atoms with Crippen LogP contribution in [0.2, 0.25) is 0 Å². The minimum absolute atomic E-state index is 0.00680. The fourth-order valence-corrected chi connectivity index (χ4v) is 4.39. The molecule has 2 N–H and O–H groups in total. The van der Waals surface area contributed by atoms with Crippen molar-refractivity contribution in [3.05, 3.63) is 82.4 Å². The van der Waals surface area contributed by atoms with Gasteiger partial charge in [-0.25, -0.2) is 4.39 Å². The molecule has 1 atom stereocenters. The summed E-state index contributed by atoms with van der Waals surface area (Å²) >= 11 is 4.37. The van der Waals surface area contributed by atoms with Crippen LogP contribution in [0.1, 0.15) is 41.6 Å². The Balaban J connectivity index is 1.75. The normalized spacial score (nSPS) is 11.8. The Hall–Kier alpha value is -2.98. The van der Waals surface area contributed by atoms with Crippen LogP contribution < -0.4 is 10.6 Å². The summed E-state index contributed by atoms with van der Waals surface area (Å²) in [5.41, 5.74) is 1.73. The third-order valence-electron chi connectivity index (χ3n) is 5.14. The molecule has 0 unspecified atom stereocenters. The number of nitrogens with zero attached hydrogens (tertiary/aromatic N) is 3. The van der Waals surface area contributed by atoms with Gasteiger partial charge in [-0.2, -0.15) is 0 Å². The van der Waals surface area contributed by atoms with Gasteiger partial charge in [0, 0.05) is 16.6 Å². The molecule has 184 valence electrons. The molecule has 0 aliphatic heterocycles. The maximum absolute atomic E-state index is 14.0. The number of carbonyl (C=O) groups is 2. The molecule has 0 spiro atoms. The molecule has 0 saturated carbocycles. The lowest BCUT2D eigenvalue weighted by atomic mass is 10.0. The Morgan fingerprint density at radius 3 is 2.54 bits per heavy atom. The topological polar surface area (TPSA) is 88.9 Å². The Morgan fingerprint density at radius 1 is 1.20 bits per heavy atom. The zero-order valence-corrected chi connectivity index (χ0v) is 22.1. The highest BCUT2D eigenvalue weighted by Gasteiger charge is 2.26. The van der Waals surface area contributed by atoms with Crippen LogP contribution in [0, 0.1) is 18.7 Å². The van der Waals surface area contributed by atoms with Crippen molar-refractivity contribution in [3.8, 4) is 0 Å². The lowest BCUT2D eigenvalue weighted by molar-refractivity contribution is -0.113. The Bertz CT molecular complexity index is 1210. The predicted molar refractivity (Wildman–Crippen MR) is 140 cm³/mol. The summed E-state index contributed by atoms with van der Waals surface area (Å²) in [6.07, 6.45) is 1.70. The van der Waals surface area contributed by atoms with E-state index in [1.807, 2.05) is 37.5 Å². The molecule has 0 aliphatic rings. The first-order valence-corrected chi connectivity index (χ1v) is 12.8. The van der Waals surface area contributed by atoms with Crippen molar-refractivity contribution in [1.29, 1.82) is 0 Å². The fraction of sp³-hybridized carbons (Fsp3) is 0.280. The molecule has 3 aromatic rings. The second-order valence-electron chi connectivity index (χ2n) is 8.26. The number of aromatic nitrogens is 3. The van der Waals surface area contributed by atoms with Crippen LogP contribution in [0.15, 0.2) is 64.7 Å². The van der Waals surface area contributed by atoms with Crippen LogP contribution in [0.3, 0.4) is 0 Å². The number of thioether (sulfide) groups is 1. The second kappa shape index (κ2) is 12.1. The van der Waals surface area contributed by atoms with Gasteiger partial charge in [0.1, 0.15) is 5.82 Å². The van der Waals surface area contributed by atoms with E-state index in [4.69, 9.17) is 0 Å². The summed E-state index contributed by atoms with van der Waals surface area (Å²) in [5, 5.41) is 14.7. The summed E-state index contributed by atoms with van der Waals surface area (Å²) < 4.78 is 16.4. The molecular weight excluding hydrogens is 533 g/mol. The predicted octanol–water partition coefficient (Wildman–Crippen LogP) is 5.53. The monoisotopic (exact) mass is 559 g/mol. The van der Waals surface area contributed by atoms with Gasteiger partial charge in [0.25, 0.3) is 5.91 Å². The summed E-state index contributed by atoms with van der Waals surface area (Å²) in [5.74, 6) is -0.506. The SMILES string of the molecule is C=CCn1c(SCC(=O)Nc2ccc(Br)cc2F)nnc1[C@H](NC(=O)c1ccc(C)cc1)C(C)C. The number of anilines is 1. The van der Waals surface area contributed by atoms with Crippen molar-refractivity contribution in [2.75, 3.05) is 11.1 Å².